The molecule has 2 aromatic heterocycles. The summed E-state index contributed by atoms with van der Waals surface area (Å²) in [6, 6.07) is 6.32. The van der Waals surface area contributed by atoms with Gasteiger partial charge in [-0.05, 0) is 56.4 Å². The first-order chi connectivity index (χ1) is 9.95. The van der Waals surface area contributed by atoms with E-state index in [9.17, 15) is 0 Å². The van der Waals surface area contributed by atoms with Crippen LogP contribution in [0.2, 0.25) is 0 Å². The molecule has 5 heteroatoms. The summed E-state index contributed by atoms with van der Waals surface area (Å²) in [6.45, 7) is 8.29. The van der Waals surface area contributed by atoms with Gasteiger partial charge in [-0.1, -0.05) is 17.7 Å². The predicted octanol–water partition coefficient (Wildman–Crippen LogP) is 4.25. The quantitative estimate of drug-likeness (QED) is 0.742. The Morgan fingerprint density at radius 1 is 1.05 bits per heavy atom. The molecule has 0 bridgehead atoms. The van der Waals surface area contributed by atoms with Crippen molar-refractivity contribution < 1.29 is 0 Å². The molecule has 0 amide bonds. The maximum atomic E-state index is 5.93. The van der Waals surface area contributed by atoms with Crippen LogP contribution in [0.1, 0.15) is 22.4 Å². The van der Waals surface area contributed by atoms with Gasteiger partial charge >= 0.3 is 0 Å². The van der Waals surface area contributed by atoms with Crippen molar-refractivity contribution in [2.24, 2.45) is 0 Å². The number of fused-ring (bicyclic) bond motifs is 1. The van der Waals surface area contributed by atoms with Crippen LogP contribution in [0.25, 0.3) is 10.1 Å². The number of nitrogens with one attached hydrogen (secondary N) is 1. The Balaban J connectivity index is 2.14. The van der Waals surface area contributed by atoms with Gasteiger partial charge in [0.2, 0.25) is 0 Å². The molecule has 3 rings (SSSR count). The van der Waals surface area contributed by atoms with E-state index < -0.39 is 0 Å². The zero-order valence-electron chi connectivity index (χ0n) is 12.6. The van der Waals surface area contributed by atoms with Gasteiger partial charge in [-0.2, -0.15) is 4.37 Å². The molecule has 0 fully saturated rings. The second kappa shape index (κ2) is 5.00. The van der Waals surface area contributed by atoms with Gasteiger partial charge in [0.15, 0.2) is 0 Å². The predicted molar refractivity (Wildman–Crippen MR) is 90.5 cm³/mol. The standard InChI is InChI=1S/C16H18N4S/c1-8-5-9(2)13(10(3)6-8)19-16-14-12(7-11(4)18-16)15(17)20-21-14/h5-7H,1-4H3,(H2,17,20)(H,18,19). The van der Waals surface area contributed by atoms with E-state index in [1.165, 1.54) is 28.2 Å². The first kappa shape index (κ1) is 13.8. The molecular formula is C16H18N4S. The first-order valence-corrected chi connectivity index (χ1v) is 7.60. The van der Waals surface area contributed by atoms with Gasteiger partial charge in [0, 0.05) is 16.8 Å². The lowest BCUT2D eigenvalue weighted by Gasteiger charge is -2.14. The van der Waals surface area contributed by atoms with Crippen molar-refractivity contribution in [3.05, 3.63) is 40.6 Å². The number of rotatable bonds is 2. The van der Waals surface area contributed by atoms with Crippen molar-refractivity contribution in [3.63, 3.8) is 0 Å². The zero-order valence-corrected chi connectivity index (χ0v) is 13.4. The number of anilines is 3. The summed E-state index contributed by atoms with van der Waals surface area (Å²) in [7, 11) is 0. The first-order valence-electron chi connectivity index (χ1n) is 6.83. The maximum absolute atomic E-state index is 5.93. The molecule has 0 saturated heterocycles. The van der Waals surface area contributed by atoms with Crippen LogP contribution in [0.4, 0.5) is 17.3 Å². The summed E-state index contributed by atoms with van der Waals surface area (Å²) in [5.41, 5.74) is 11.6. The highest BCUT2D eigenvalue weighted by molar-refractivity contribution is 7.14. The fourth-order valence-corrected chi connectivity index (χ4v) is 3.40. The topological polar surface area (TPSA) is 63.8 Å². The van der Waals surface area contributed by atoms with Crippen molar-refractivity contribution in [2.75, 3.05) is 11.1 Å². The summed E-state index contributed by atoms with van der Waals surface area (Å²) in [6.07, 6.45) is 0. The lowest BCUT2D eigenvalue weighted by Crippen LogP contribution is -2.00. The minimum absolute atomic E-state index is 0.570. The number of benzene rings is 1. The lowest BCUT2D eigenvalue weighted by molar-refractivity contribution is 1.21. The monoisotopic (exact) mass is 298 g/mol. The molecule has 3 aromatic rings. The van der Waals surface area contributed by atoms with Gasteiger partial charge < -0.3 is 11.1 Å². The van der Waals surface area contributed by atoms with Crippen LogP contribution < -0.4 is 11.1 Å². The Morgan fingerprint density at radius 3 is 2.38 bits per heavy atom. The highest BCUT2D eigenvalue weighted by atomic mass is 32.1. The fourth-order valence-electron chi connectivity index (χ4n) is 2.67. The van der Waals surface area contributed by atoms with Crippen molar-refractivity contribution in [2.45, 2.75) is 27.7 Å². The zero-order chi connectivity index (χ0) is 15.1. The minimum Gasteiger partial charge on any atom is -0.382 e. The van der Waals surface area contributed by atoms with Gasteiger partial charge in [0.1, 0.15) is 11.6 Å². The average molecular weight is 298 g/mol. The molecule has 2 heterocycles. The summed E-state index contributed by atoms with van der Waals surface area (Å²) < 4.78 is 5.24. The van der Waals surface area contributed by atoms with Gasteiger partial charge in [0.05, 0.1) is 4.70 Å². The van der Waals surface area contributed by atoms with E-state index in [1.54, 1.807) is 0 Å². The van der Waals surface area contributed by atoms with Crippen LogP contribution in [0.5, 0.6) is 0 Å². The molecular weight excluding hydrogens is 280 g/mol. The molecule has 0 spiro atoms. The average Bonchev–Trinajstić information content (AvgIpc) is 2.75. The molecule has 21 heavy (non-hydrogen) atoms. The number of nitrogen functional groups attached to an aromatic ring is 1. The van der Waals surface area contributed by atoms with Crippen LogP contribution >= 0.6 is 11.5 Å². The number of nitrogens with zero attached hydrogens (tertiary/aromatic N) is 2. The van der Waals surface area contributed by atoms with E-state index in [4.69, 9.17) is 5.73 Å². The number of hydrogen-bond acceptors (Lipinski definition) is 5. The number of aryl methyl sites for hydroxylation is 4. The van der Waals surface area contributed by atoms with Crippen molar-refractivity contribution in [1.29, 1.82) is 0 Å². The van der Waals surface area contributed by atoms with Crippen LogP contribution in [-0.4, -0.2) is 9.36 Å². The Morgan fingerprint density at radius 2 is 1.71 bits per heavy atom. The summed E-state index contributed by atoms with van der Waals surface area (Å²) in [5.74, 6) is 1.40. The van der Waals surface area contributed by atoms with Crippen LogP contribution in [0.3, 0.4) is 0 Å². The second-order valence-corrected chi connectivity index (χ2v) is 6.23. The number of aromatic nitrogens is 2. The molecule has 1 aromatic carbocycles. The number of hydrogen-bond donors (Lipinski definition) is 2. The largest absolute Gasteiger partial charge is 0.382 e. The molecule has 0 radical (unpaired) electrons. The number of nitrogens with two attached hydrogens (primary N) is 1. The van der Waals surface area contributed by atoms with Crippen LogP contribution in [-0.2, 0) is 0 Å². The van der Waals surface area contributed by atoms with E-state index in [0.29, 0.717) is 5.82 Å². The van der Waals surface area contributed by atoms with E-state index >= 15 is 0 Å². The van der Waals surface area contributed by atoms with E-state index in [0.717, 1.165) is 27.3 Å². The van der Waals surface area contributed by atoms with E-state index in [-0.39, 0.29) is 0 Å². The Bertz CT molecular complexity index is 813. The molecule has 3 N–H and O–H groups in total. The molecule has 108 valence electrons. The fraction of sp³-hybridized carbons (Fsp3) is 0.250. The third-order valence-corrected chi connectivity index (χ3v) is 4.42. The minimum atomic E-state index is 0.570. The van der Waals surface area contributed by atoms with E-state index in [1.807, 2.05) is 13.0 Å². The van der Waals surface area contributed by atoms with Gasteiger partial charge in [-0.25, -0.2) is 4.98 Å². The Kier molecular flexibility index (Phi) is 3.29. The Hall–Kier alpha value is -2.14. The molecule has 0 aliphatic rings. The van der Waals surface area contributed by atoms with Crippen molar-refractivity contribution in [1.82, 2.24) is 9.36 Å². The smallest absolute Gasteiger partial charge is 0.150 e. The maximum Gasteiger partial charge on any atom is 0.150 e. The summed E-state index contributed by atoms with van der Waals surface area (Å²) in [5, 5.41) is 4.44. The van der Waals surface area contributed by atoms with Gasteiger partial charge in [0.25, 0.3) is 0 Å². The molecule has 0 unspecified atom stereocenters. The molecule has 0 aliphatic carbocycles. The van der Waals surface area contributed by atoms with Gasteiger partial charge in [-0.3, -0.25) is 0 Å². The summed E-state index contributed by atoms with van der Waals surface area (Å²) >= 11 is 1.38. The summed E-state index contributed by atoms with van der Waals surface area (Å²) in [4.78, 5) is 4.62. The normalized spacial score (nSPS) is 11.0. The SMILES string of the molecule is Cc1cc(C)c(Nc2nc(C)cc3c(N)nsc23)c(C)c1. The lowest BCUT2D eigenvalue weighted by atomic mass is 10.1. The third kappa shape index (κ3) is 2.45. The van der Waals surface area contributed by atoms with Crippen LogP contribution in [0.15, 0.2) is 18.2 Å². The molecule has 0 aliphatic heterocycles. The Labute approximate surface area is 128 Å². The highest BCUT2D eigenvalue weighted by Crippen LogP contribution is 2.34. The highest BCUT2D eigenvalue weighted by Gasteiger charge is 2.12. The molecule has 0 atom stereocenters. The third-order valence-electron chi connectivity index (χ3n) is 3.53. The number of pyridine rings is 1. The van der Waals surface area contributed by atoms with Crippen molar-refractivity contribution >= 4 is 38.9 Å². The molecule has 0 saturated carbocycles. The van der Waals surface area contributed by atoms with Crippen molar-refractivity contribution in [3.8, 4) is 0 Å². The van der Waals surface area contributed by atoms with Crippen LogP contribution in [0, 0.1) is 27.7 Å². The second-order valence-electron chi connectivity index (χ2n) is 5.46. The van der Waals surface area contributed by atoms with Gasteiger partial charge in [-0.15, -0.1) is 0 Å². The molecule has 4 nitrogen and oxygen atoms in total. The van der Waals surface area contributed by atoms with E-state index in [2.05, 4.69) is 47.6 Å².